The van der Waals surface area contributed by atoms with Crippen molar-refractivity contribution in [3.05, 3.63) is 22.7 Å². The lowest BCUT2D eigenvalue weighted by atomic mass is 9.94. The smallest absolute Gasteiger partial charge is 0.150 e. The molecule has 0 saturated heterocycles. The molecule has 0 heterocycles. The molecule has 1 aliphatic rings. The first kappa shape index (κ1) is 15.6. The van der Waals surface area contributed by atoms with Crippen LogP contribution in [0, 0.1) is 0 Å². The van der Waals surface area contributed by atoms with Gasteiger partial charge in [-0.2, -0.15) is 0 Å². The summed E-state index contributed by atoms with van der Waals surface area (Å²) in [5.74, 6) is 0.773. The molecule has 0 aliphatic heterocycles. The van der Waals surface area contributed by atoms with Crippen molar-refractivity contribution in [2.24, 2.45) is 0 Å². The third-order valence-electron chi connectivity index (χ3n) is 3.75. The van der Waals surface area contributed by atoms with Gasteiger partial charge in [0.1, 0.15) is 15.6 Å². The van der Waals surface area contributed by atoms with Gasteiger partial charge in [-0.3, -0.25) is 0 Å². The number of rotatable bonds is 4. The number of halogens is 1. The van der Waals surface area contributed by atoms with E-state index in [1.165, 1.54) is 6.26 Å². The van der Waals surface area contributed by atoms with Crippen molar-refractivity contribution in [3.8, 4) is 5.75 Å². The third-order valence-corrected chi connectivity index (χ3v) is 5.89. The maximum Gasteiger partial charge on any atom is 0.150 e. The van der Waals surface area contributed by atoms with Gasteiger partial charge in [-0.25, -0.2) is 8.42 Å². The standard InChI is InChI=1S/C14H20BrNO3S/c1-19-14-7-6-10(15)8-13(14)16-11-4-3-5-12(9-11)20(2,17)18/h6-8,11-12,16H,3-5,9H2,1-2H3. The zero-order valence-electron chi connectivity index (χ0n) is 11.7. The Morgan fingerprint density at radius 3 is 2.75 bits per heavy atom. The Morgan fingerprint density at radius 2 is 2.10 bits per heavy atom. The molecule has 1 aromatic rings. The highest BCUT2D eigenvalue weighted by molar-refractivity contribution is 9.10. The third kappa shape index (κ3) is 3.88. The van der Waals surface area contributed by atoms with E-state index in [1.807, 2.05) is 18.2 Å². The lowest BCUT2D eigenvalue weighted by Crippen LogP contribution is -2.34. The fourth-order valence-corrected chi connectivity index (χ4v) is 4.22. The molecule has 0 radical (unpaired) electrons. The molecule has 4 nitrogen and oxygen atoms in total. The van der Waals surface area contributed by atoms with Gasteiger partial charge in [-0.15, -0.1) is 0 Å². The van der Waals surface area contributed by atoms with Crippen molar-refractivity contribution in [1.29, 1.82) is 0 Å². The summed E-state index contributed by atoms with van der Waals surface area (Å²) in [5.41, 5.74) is 0.904. The largest absolute Gasteiger partial charge is 0.495 e. The van der Waals surface area contributed by atoms with E-state index in [2.05, 4.69) is 21.2 Å². The van der Waals surface area contributed by atoms with E-state index < -0.39 is 9.84 Å². The number of hydrogen-bond donors (Lipinski definition) is 1. The molecular weight excluding hydrogens is 342 g/mol. The van der Waals surface area contributed by atoms with Gasteiger partial charge in [-0.05, 0) is 37.5 Å². The average Bonchev–Trinajstić information content (AvgIpc) is 2.38. The van der Waals surface area contributed by atoms with Gasteiger partial charge in [0.25, 0.3) is 0 Å². The molecule has 1 aromatic carbocycles. The van der Waals surface area contributed by atoms with Gasteiger partial charge in [-0.1, -0.05) is 22.4 Å². The molecule has 112 valence electrons. The molecule has 2 atom stereocenters. The van der Waals surface area contributed by atoms with Gasteiger partial charge >= 0.3 is 0 Å². The average molecular weight is 362 g/mol. The Hall–Kier alpha value is -0.750. The highest BCUT2D eigenvalue weighted by Crippen LogP contribution is 2.32. The number of benzene rings is 1. The number of methoxy groups -OCH3 is 1. The number of hydrogen-bond acceptors (Lipinski definition) is 4. The fourth-order valence-electron chi connectivity index (χ4n) is 2.68. The van der Waals surface area contributed by atoms with Crippen LogP contribution < -0.4 is 10.1 Å². The van der Waals surface area contributed by atoms with E-state index in [4.69, 9.17) is 4.74 Å². The molecule has 1 aliphatic carbocycles. The number of ether oxygens (including phenoxy) is 1. The van der Waals surface area contributed by atoms with Crippen LogP contribution >= 0.6 is 15.9 Å². The van der Waals surface area contributed by atoms with E-state index in [1.54, 1.807) is 7.11 Å². The summed E-state index contributed by atoms with van der Waals surface area (Å²) in [7, 11) is -1.32. The van der Waals surface area contributed by atoms with Crippen LogP contribution in [0.3, 0.4) is 0 Å². The summed E-state index contributed by atoms with van der Waals surface area (Å²) in [5, 5.41) is 3.19. The summed E-state index contributed by atoms with van der Waals surface area (Å²) in [6.07, 6.45) is 4.69. The van der Waals surface area contributed by atoms with Crippen LogP contribution in [0.5, 0.6) is 5.75 Å². The van der Waals surface area contributed by atoms with Gasteiger partial charge in [0, 0.05) is 16.8 Å². The number of sulfone groups is 1. The molecule has 0 aromatic heterocycles. The predicted octanol–water partition coefficient (Wildman–Crippen LogP) is 3.23. The second-order valence-corrected chi connectivity index (χ2v) is 8.55. The lowest BCUT2D eigenvalue weighted by molar-refractivity contribution is 0.412. The topological polar surface area (TPSA) is 55.4 Å². The first-order valence-corrected chi connectivity index (χ1v) is 9.44. The van der Waals surface area contributed by atoms with Crippen LogP contribution in [-0.2, 0) is 9.84 Å². The van der Waals surface area contributed by atoms with Crippen molar-refractivity contribution < 1.29 is 13.2 Å². The Morgan fingerprint density at radius 1 is 1.35 bits per heavy atom. The Kier molecular flexibility index (Phi) is 4.96. The van der Waals surface area contributed by atoms with Crippen molar-refractivity contribution in [1.82, 2.24) is 0 Å². The second-order valence-electron chi connectivity index (χ2n) is 5.30. The normalized spacial score (nSPS) is 23.4. The van der Waals surface area contributed by atoms with E-state index in [-0.39, 0.29) is 11.3 Å². The SMILES string of the molecule is COc1ccc(Br)cc1NC1CCCC(S(C)(=O)=O)C1. The van der Waals surface area contributed by atoms with Gasteiger partial charge < -0.3 is 10.1 Å². The maximum atomic E-state index is 11.7. The van der Waals surface area contributed by atoms with Crippen molar-refractivity contribution in [3.63, 3.8) is 0 Å². The summed E-state index contributed by atoms with van der Waals surface area (Å²) in [4.78, 5) is 0. The highest BCUT2D eigenvalue weighted by atomic mass is 79.9. The summed E-state index contributed by atoms with van der Waals surface area (Å²) in [6, 6.07) is 5.95. The highest BCUT2D eigenvalue weighted by Gasteiger charge is 2.29. The Labute approximate surface area is 129 Å². The molecule has 0 amide bonds. The first-order chi connectivity index (χ1) is 9.40. The summed E-state index contributed by atoms with van der Waals surface area (Å²) in [6.45, 7) is 0. The van der Waals surface area contributed by atoms with Gasteiger partial charge in [0.05, 0.1) is 18.0 Å². The molecule has 1 saturated carbocycles. The van der Waals surface area contributed by atoms with E-state index in [9.17, 15) is 8.42 Å². The summed E-state index contributed by atoms with van der Waals surface area (Å²) < 4.78 is 29.7. The monoisotopic (exact) mass is 361 g/mol. The fraction of sp³-hybridized carbons (Fsp3) is 0.571. The van der Waals surface area contributed by atoms with E-state index in [0.29, 0.717) is 6.42 Å². The Balaban J connectivity index is 2.12. The molecule has 1 N–H and O–H groups in total. The van der Waals surface area contributed by atoms with Crippen LogP contribution in [-0.4, -0.2) is 33.1 Å². The zero-order chi connectivity index (χ0) is 14.8. The van der Waals surface area contributed by atoms with Gasteiger partial charge in [0.2, 0.25) is 0 Å². The minimum absolute atomic E-state index is 0.173. The minimum atomic E-state index is -2.96. The second kappa shape index (κ2) is 6.35. The number of nitrogens with one attached hydrogen (secondary N) is 1. The van der Waals surface area contributed by atoms with Crippen LogP contribution in [0.15, 0.2) is 22.7 Å². The quantitative estimate of drug-likeness (QED) is 0.894. The summed E-state index contributed by atoms with van der Waals surface area (Å²) >= 11 is 3.44. The molecule has 20 heavy (non-hydrogen) atoms. The molecule has 0 spiro atoms. The molecule has 6 heteroatoms. The first-order valence-electron chi connectivity index (χ1n) is 6.69. The van der Waals surface area contributed by atoms with E-state index in [0.717, 1.165) is 35.2 Å². The molecular formula is C14H20BrNO3S. The van der Waals surface area contributed by atoms with Crippen LogP contribution in [0.2, 0.25) is 0 Å². The predicted molar refractivity (Wildman–Crippen MR) is 85.2 cm³/mol. The molecule has 0 bridgehead atoms. The zero-order valence-corrected chi connectivity index (χ0v) is 14.1. The van der Waals surface area contributed by atoms with E-state index >= 15 is 0 Å². The van der Waals surface area contributed by atoms with Crippen molar-refractivity contribution >= 4 is 31.5 Å². The number of anilines is 1. The molecule has 1 fully saturated rings. The minimum Gasteiger partial charge on any atom is -0.495 e. The van der Waals surface area contributed by atoms with Crippen LogP contribution in [0.1, 0.15) is 25.7 Å². The van der Waals surface area contributed by atoms with Crippen molar-refractivity contribution in [2.45, 2.75) is 37.0 Å². The lowest BCUT2D eigenvalue weighted by Gasteiger charge is -2.29. The molecule has 2 unspecified atom stereocenters. The van der Waals surface area contributed by atoms with Gasteiger partial charge in [0.15, 0.2) is 0 Å². The van der Waals surface area contributed by atoms with Crippen LogP contribution in [0.25, 0.3) is 0 Å². The van der Waals surface area contributed by atoms with Crippen LogP contribution in [0.4, 0.5) is 5.69 Å². The molecule has 2 rings (SSSR count). The Bertz CT molecular complexity index is 574. The maximum absolute atomic E-state index is 11.7. The van der Waals surface area contributed by atoms with Crippen molar-refractivity contribution in [2.75, 3.05) is 18.7 Å².